The maximum absolute atomic E-state index is 9.15. The SMILES string of the molecule is CCCOc1ccc(Cl)cc1CNC(CC)CO. The summed E-state index contributed by atoms with van der Waals surface area (Å²) >= 11 is 6.00. The Hall–Kier alpha value is -0.770. The van der Waals surface area contributed by atoms with Crippen LogP contribution in [0.15, 0.2) is 18.2 Å². The summed E-state index contributed by atoms with van der Waals surface area (Å²) in [4.78, 5) is 0. The van der Waals surface area contributed by atoms with E-state index in [1.807, 2.05) is 25.1 Å². The second-order valence-corrected chi connectivity index (χ2v) is 4.71. The van der Waals surface area contributed by atoms with Crippen molar-refractivity contribution in [2.75, 3.05) is 13.2 Å². The number of halogens is 1. The maximum atomic E-state index is 9.15. The fourth-order valence-corrected chi connectivity index (χ4v) is 1.83. The second kappa shape index (κ2) is 8.35. The predicted octanol–water partition coefficient (Wildman–Crippen LogP) is 2.99. The molecule has 1 aromatic rings. The van der Waals surface area contributed by atoms with Crippen LogP contribution in [-0.2, 0) is 6.54 Å². The molecule has 0 fully saturated rings. The van der Waals surface area contributed by atoms with E-state index in [9.17, 15) is 0 Å². The molecule has 102 valence electrons. The third-order valence-electron chi connectivity index (χ3n) is 2.78. The van der Waals surface area contributed by atoms with Crippen molar-refractivity contribution in [1.82, 2.24) is 5.32 Å². The number of hydrogen-bond acceptors (Lipinski definition) is 3. The highest BCUT2D eigenvalue weighted by atomic mass is 35.5. The lowest BCUT2D eigenvalue weighted by Gasteiger charge is -2.16. The molecular weight excluding hydrogens is 250 g/mol. The molecule has 3 nitrogen and oxygen atoms in total. The van der Waals surface area contributed by atoms with Crippen LogP contribution in [0.3, 0.4) is 0 Å². The number of aliphatic hydroxyl groups is 1. The topological polar surface area (TPSA) is 41.5 Å². The van der Waals surface area contributed by atoms with Gasteiger partial charge in [-0.05, 0) is 31.0 Å². The van der Waals surface area contributed by atoms with Gasteiger partial charge in [-0.15, -0.1) is 0 Å². The van der Waals surface area contributed by atoms with E-state index in [-0.39, 0.29) is 12.6 Å². The molecule has 0 spiro atoms. The van der Waals surface area contributed by atoms with Crippen LogP contribution >= 0.6 is 11.6 Å². The molecule has 0 saturated heterocycles. The molecule has 1 aromatic carbocycles. The van der Waals surface area contributed by atoms with Gasteiger partial charge in [-0.2, -0.15) is 0 Å². The van der Waals surface area contributed by atoms with E-state index >= 15 is 0 Å². The fraction of sp³-hybridized carbons (Fsp3) is 0.571. The Bertz CT molecular complexity index is 354. The standard InChI is InChI=1S/C14H22ClNO2/c1-3-7-18-14-6-5-12(15)8-11(14)9-16-13(4-2)10-17/h5-6,8,13,16-17H,3-4,7,9-10H2,1-2H3. The van der Waals surface area contributed by atoms with Gasteiger partial charge in [-0.3, -0.25) is 0 Å². The molecule has 1 rings (SSSR count). The fourth-order valence-electron chi connectivity index (χ4n) is 1.63. The summed E-state index contributed by atoms with van der Waals surface area (Å²) in [7, 11) is 0. The summed E-state index contributed by atoms with van der Waals surface area (Å²) in [6.07, 6.45) is 1.87. The second-order valence-electron chi connectivity index (χ2n) is 4.27. The lowest BCUT2D eigenvalue weighted by molar-refractivity contribution is 0.237. The number of aliphatic hydroxyl groups excluding tert-OH is 1. The average Bonchev–Trinajstić information content (AvgIpc) is 2.39. The minimum Gasteiger partial charge on any atom is -0.493 e. The van der Waals surface area contributed by atoms with E-state index in [0.29, 0.717) is 18.2 Å². The van der Waals surface area contributed by atoms with Crippen LogP contribution in [-0.4, -0.2) is 24.4 Å². The van der Waals surface area contributed by atoms with E-state index in [2.05, 4.69) is 12.2 Å². The molecule has 0 radical (unpaired) electrons. The first-order valence-corrected chi connectivity index (χ1v) is 6.84. The molecule has 1 atom stereocenters. The predicted molar refractivity (Wildman–Crippen MR) is 75.2 cm³/mol. The zero-order chi connectivity index (χ0) is 13.4. The van der Waals surface area contributed by atoms with Gasteiger partial charge < -0.3 is 15.2 Å². The number of ether oxygens (including phenoxy) is 1. The summed E-state index contributed by atoms with van der Waals surface area (Å²) in [6, 6.07) is 5.75. The van der Waals surface area contributed by atoms with Crippen molar-refractivity contribution >= 4 is 11.6 Å². The molecule has 0 aliphatic heterocycles. The molecular formula is C14H22ClNO2. The number of hydrogen-bond donors (Lipinski definition) is 2. The maximum Gasteiger partial charge on any atom is 0.123 e. The van der Waals surface area contributed by atoms with E-state index in [0.717, 1.165) is 24.2 Å². The van der Waals surface area contributed by atoms with Crippen molar-refractivity contribution in [2.24, 2.45) is 0 Å². The van der Waals surface area contributed by atoms with Crippen molar-refractivity contribution in [1.29, 1.82) is 0 Å². The third-order valence-corrected chi connectivity index (χ3v) is 3.01. The molecule has 4 heteroatoms. The minimum atomic E-state index is 0.114. The monoisotopic (exact) mass is 271 g/mol. The molecule has 2 N–H and O–H groups in total. The van der Waals surface area contributed by atoms with Crippen LogP contribution < -0.4 is 10.1 Å². The molecule has 0 saturated carbocycles. The van der Waals surface area contributed by atoms with Gasteiger partial charge in [0.15, 0.2) is 0 Å². The molecule has 0 amide bonds. The minimum absolute atomic E-state index is 0.114. The molecule has 0 aliphatic rings. The van der Waals surface area contributed by atoms with Crippen molar-refractivity contribution in [3.05, 3.63) is 28.8 Å². The van der Waals surface area contributed by atoms with Gasteiger partial charge in [0.25, 0.3) is 0 Å². The van der Waals surface area contributed by atoms with E-state index in [1.165, 1.54) is 0 Å². The van der Waals surface area contributed by atoms with E-state index in [1.54, 1.807) is 0 Å². The lowest BCUT2D eigenvalue weighted by Crippen LogP contribution is -2.31. The Balaban J connectivity index is 2.68. The Morgan fingerprint density at radius 1 is 1.39 bits per heavy atom. The van der Waals surface area contributed by atoms with Crippen LogP contribution in [0.25, 0.3) is 0 Å². The quantitative estimate of drug-likeness (QED) is 0.764. The molecule has 0 bridgehead atoms. The van der Waals surface area contributed by atoms with Gasteiger partial charge >= 0.3 is 0 Å². The highest BCUT2D eigenvalue weighted by Gasteiger charge is 2.08. The zero-order valence-electron chi connectivity index (χ0n) is 11.1. The van der Waals surface area contributed by atoms with Crippen LogP contribution in [0, 0.1) is 0 Å². The molecule has 0 aliphatic carbocycles. The van der Waals surface area contributed by atoms with Crippen molar-refractivity contribution in [2.45, 2.75) is 39.3 Å². The van der Waals surface area contributed by atoms with Gasteiger partial charge in [-0.1, -0.05) is 25.4 Å². The molecule has 0 heterocycles. The Morgan fingerprint density at radius 3 is 2.78 bits per heavy atom. The van der Waals surface area contributed by atoms with Crippen LogP contribution in [0.1, 0.15) is 32.3 Å². The van der Waals surface area contributed by atoms with Crippen LogP contribution in [0.4, 0.5) is 0 Å². The lowest BCUT2D eigenvalue weighted by atomic mass is 10.1. The smallest absolute Gasteiger partial charge is 0.123 e. The third kappa shape index (κ3) is 4.84. The van der Waals surface area contributed by atoms with E-state index < -0.39 is 0 Å². The highest BCUT2D eigenvalue weighted by Crippen LogP contribution is 2.23. The summed E-state index contributed by atoms with van der Waals surface area (Å²) in [6.45, 7) is 5.61. The van der Waals surface area contributed by atoms with Crippen molar-refractivity contribution in [3.63, 3.8) is 0 Å². The largest absolute Gasteiger partial charge is 0.493 e. The van der Waals surface area contributed by atoms with Gasteiger partial charge in [0.1, 0.15) is 5.75 Å². The van der Waals surface area contributed by atoms with Crippen LogP contribution in [0.5, 0.6) is 5.75 Å². The average molecular weight is 272 g/mol. The molecule has 18 heavy (non-hydrogen) atoms. The first kappa shape index (κ1) is 15.3. The van der Waals surface area contributed by atoms with E-state index in [4.69, 9.17) is 21.4 Å². The summed E-state index contributed by atoms with van der Waals surface area (Å²) in [5.41, 5.74) is 1.03. The summed E-state index contributed by atoms with van der Waals surface area (Å²) < 4.78 is 5.68. The molecule has 1 unspecified atom stereocenters. The van der Waals surface area contributed by atoms with Crippen LogP contribution in [0.2, 0.25) is 5.02 Å². The normalized spacial score (nSPS) is 12.4. The number of nitrogens with one attached hydrogen (secondary N) is 1. The summed E-state index contributed by atoms with van der Waals surface area (Å²) in [5, 5.41) is 13.1. The Kier molecular flexibility index (Phi) is 7.09. The Morgan fingerprint density at radius 2 is 2.17 bits per heavy atom. The van der Waals surface area contributed by atoms with Crippen molar-refractivity contribution in [3.8, 4) is 5.75 Å². The van der Waals surface area contributed by atoms with Gasteiger partial charge in [-0.25, -0.2) is 0 Å². The first-order valence-electron chi connectivity index (χ1n) is 6.46. The van der Waals surface area contributed by atoms with Gasteiger partial charge in [0, 0.05) is 23.2 Å². The summed E-state index contributed by atoms with van der Waals surface area (Å²) in [5.74, 6) is 0.863. The zero-order valence-corrected chi connectivity index (χ0v) is 11.8. The van der Waals surface area contributed by atoms with Gasteiger partial charge in [0.05, 0.1) is 13.2 Å². The first-order chi connectivity index (χ1) is 8.71. The van der Waals surface area contributed by atoms with Gasteiger partial charge in [0.2, 0.25) is 0 Å². The number of benzene rings is 1. The number of rotatable bonds is 8. The Labute approximate surface area is 114 Å². The van der Waals surface area contributed by atoms with Crippen molar-refractivity contribution < 1.29 is 9.84 Å². The molecule has 0 aromatic heterocycles. The highest BCUT2D eigenvalue weighted by molar-refractivity contribution is 6.30.